The minimum Gasteiger partial charge on any atom is -0.324 e. The molecule has 0 saturated carbocycles. The molecule has 4 heteroatoms. The average Bonchev–Trinajstić information content (AvgIpc) is 1.94. The molecular formula is C8H10BrCl2N. The molecule has 0 spiro atoms. The molecule has 1 aromatic rings. The van der Waals surface area contributed by atoms with Gasteiger partial charge < -0.3 is 5.73 Å². The molecule has 0 amide bonds. The van der Waals surface area contributed by atoms with Gasteiger partial charge in [-0.15, -0.1) is 12.4 Å². The molecule has 0 unspecified atom stereocenters. The van der Waals surface area contributed by atoms with Crippen LogP contribution >= 0.6 is 39.9 Å². The van der Waals surface area contributed by atoms with E-state index in [1.807, 2.05) is 25.1 Å². The van der Waals surface area contributed by atoms with Crippen molar-refractivity contribution in [3.63, 3.8) is 0 Å². The lowest BCUT2D eigenvalue weighted by Gasteiger charge is -2.05. The van der Waals surface area contributed by atoms with Crippen LogP contribution in [0.5, 0.6) is 0 Å². The van der Waals surface area contributed by atoms with Crippen LogP contribution in [0.15, 0.2) is 22.7 Å². The van der Waals surface area contributed by atoms with Crippen molar-refractivity contribution in [1.29, 1.82) is 0 Å². The van der Waals surface area contributed by atoms with Crippen LogP contribution in [0.3, 0.4) is 0 Å². The molecule has 2 N–H and O–H groups in total. The van der Waals surface area contributed by atoms with Crippen molar-refractivity contribution in [1.82, 2.24) is 0 Å². The third kappa shape index (κ3) is 2.94. The predicted octanol–water partition coefficient (Wildman–Crippen LogP) is 3.54. The highest BCUT2D eigenvalue weighted by Crippen LogP contribution is 2.24. The van der Waals surface area contributed by atoms with E-state index >= 15 is 0 Å². The van der Waals surface area contributed by atoms with Gasteiger partial charge in [-0.05, 0) is 40.5 Å². The molecule has 12 heavy (non-hydrogen) atoms. The van der Waals surface area contributed by atoms with Gasteiger partial charge in [-0.25, -0.2) is 0 Å². The number of rotatable bonds is 1. The summed E-state index contributed by atoms with van der Waals surface area (Å²) in [6.07, 6.45) is 0. The topological polar surface area (TPSA) is 26.0 Å². The van der Waals surface area contributed by atoms with E-state index in [4.69, 9.17) is 17.3 Å². The Morgan fingerprint density at radius 3 is 2.50 bits per heavy atom. The molecule has 0 aromatic heterocycles. The lowest BCUT2D eigenvalue weighted by Crippen LogP contribution is -2.04. The quantitative estimate of drug-likeness (QED) is 0.830. The second-order valence-corrected chi connectivity index (χ2v) is 3.72. The Bertz CT molecular complexity index is 263. The van der Waals surface area contributed by atoms with Gasteiger partial charge in [0.1, 0.15) is 0 Å². The zero-order valence-corrected chi connectivity index (χ0v) is 9.71. The molecule has 0 saturated heterocycles. The molecule has 0 radical (unpaired) electrons. The summed E-state index contributed by atoms with van der Waals surface area (Å²) in [7, 11) is 0. The molecule has 0 aliphatic rings. The van der Waals surface area contributed by atoms with Crippen LogP contribution in [0, 0.1) is 0 Å². The monoisotopic (exact) mass is 269 g/mol. The molecule has 0 bridgehead atoms. The zero-order chi connectivity index (χ0) is 8.43. The van der Waals surface area contributed by atoms with Gasteiger partial charge in [0.15, 0.2) is 0 Å². The first kappa shape index (κ1) is 12.2. The van der Waals surface area contributed by atoms with Crippen LogP contribution in [0.25, 0.3) is 0 Å². The van der Waals surface area contributed by atoms with Gasteiger partial charge in [0.2, 0.25) is 0 Å². The maximum absolute atomic E-state index is 5.80. The normalized spacial score (nSPS) is 12.0. The second kappa shape index (κ2) is 5.07. The Morgan fingerprint density at radius 1 is 1.50 bits per heavy atom. The van der Waals surface area contributed by atoms with E-state index in [1.54, 1.807) is 0 Å². The lowest BCUT2D eigenvalue weighted by atomic mass is 10.1. The minimum absolute atomic E-state index is 0. The molecule has 0 fully saturated rings. The molecule has 0 aliphatic heterocycles. The van der Waals surface area contributed by atoms with Crippen LogP contribution < -0.4 is 5.73 Å². The highest BCUT2D eigenvalue weighted by atomic mass is 79.9. The number of hydrogen-bond donors (Lipinski definition) is 1. The number of hydrogen-bond acceptors (Lipinski definition) is 1. The Kier molecular flexibility index (Phi) is 5.18. The van der Waals surface area contributed by atoms with Gasteiger partial charge in [-0.3, -0.25) is 0 Å². The average molecular weight is 271 g/mol. The number of nitrogens with two attached hydrogens (primary N) is 1. The van der Waals surface area contributed by atoms with Gasteiger partial charge >= 0.3 is 0 Å². The summed E-state index contributed by atoms with van der Waals surface area (Å²) in [5, 5.41) is 0.717. The fourth-order valence-electron chi connectivity index (χ4n) is 0.796. The van der Waals surface area contributed by atoms with Gasteiger partial charge in [-0.2, -0.15) is 0 Å². The Balaban J connectivity index is 0.00000121. The standard InChI is InChI=1S/C8H9BrClN.ClH/c1-5(11)6-2-3-8(10)7(9)4-6;/h2-5H,11H2,1H3;1H/t5-;/m1./s1. The molecule has 68 valence electrons. The van der Waals surface area contributed by atoms with Crippen molar-refractivity contribution < 1.29 is 0 Å². The molecule has 1 rings (SSSR count). The second-order valence-electron chi connectivity index (χ2n) is 2.46. The van der Waals surface area contributed by atoms with E-state index in [-0.39, 0.29) is 18.4 Å². The molecule has 1 nitrogen and oxygen atoms in total. The van der Waals surface area contributed by atoms with Crippen molar-refractivity contribution in [3.8, 4) is 0 Å². The molecule has 1 atom stereocenters. The predicted molar refractivity (Wildman–Crippen MR) is 59.0 cm³/mol. The highest BCUT2D eigenvalue weighted by molar-refractivity contribution is 9.10. The summed E-state index contributed by atoms with van der Waals surface area (Å²) in [6, 6.07) is 5.76. The molecular weight excluding hydrogens is 261 g/mol. The van der Waals surface area contributed by atoms with Crippen LogP contribution in [-0.4, -0.2) is 0 Å². The van der Waals surface area contributed by atoms with Crippen LogP contribution in [0.2, 0.25) is 5.02 Å². The van der Waals surface area contributed by atoms with Gasteiger partial charge in [0.25, 0.3) is 0 Å². The van der Waals surface area contributed by atoms with Gasteiger partial charge in [0, 0.05) is 10.5 Å². The van der Waals surface area contributed by atoms with Crippen LogP contribution in [0.1, 0.15) is 18.5 Å². The smallest absolute Gasteiger partial charge is 0.0548 e. The fraction of sp³-hybridized carbons (Fsp3) is 0.250. The first-order chi connectivity index (χ1) is 5.11. The Labute approximate surface area is 91.8 Å². The highest BCUT2D eigenvalue weighted by Gasteiger charge is 2.01. The van der Waals surface area contributed by atoms with Crippen molar-refractivity contribution >= 4 is 39.9 Å². The maximum atomic E-state index is 5.80. The number of benzene rings is 1. The van der Waals surface area contributed by atoms with Crippen molar-refractivity contribution in [3.05, 3.63) is 33.3 Å². The number of halogens is 3. The molecule has 0 heterocycles. The lowest BCUT2D eigenvalue weighted by molar-refractivity contribution is 0.817. The van der Waals surface area contributed by atoms with Gasteiger partial charge in [-0.1, -0.05) is 17.7 Å². The summed E-state index contributed by atoms with van der Waals surface area (Å²) in [6.45, 7) is 1.94. The fourth-order valence-corrected chi connectivity index (χ4v) is 1.31. The molecule has 0 aliphatic carbocycles. The third-order valence-electron chi connectivity index (χ3n) is 1.47. The summed E-state index contributed by atoms with van der Waals surface area (Å²) < 4.78 is 0.897. The largest absolute Gasteiger partial charge is 0.324 e. The Morgan fingerprint density at radius 2 is 2.08 bits per heavy atom. The van der Waals surface area contributed by atoms with E-state index in [2.05, 4.69) is 15.9 Å². The van der Waals surface area contributed by atoms with Crippen molar-refractivity contribution in [2.75, 3.05) is 0 Å². The SMILES string of the molecule is C[C@@H](N)c1ccc(Cl)c(Br)c1.Cl. The summed E-state index contributed by atoms with van der Waals surface area (Å²) >= 11 is 9.12. The first-order valence-corrected chi connectivity index (χ1v) is 4.49. The van der Waals surface area contributed by atoms with E-state index in [9.17, 15) is 0 Å². The summed E-state index contributed by atoms with van der Waals surface area (Å²) in [4.78, 5) is 0. The molecule has 1 aromatic carbocycles. The van der Waals surface area contributed by atoms with E-state index in [0.717, 1.165) is 15.1 Å². The van der Waals surface area contributed by atoms with Crippen molar-refractivity contribution in [2.45, 2.75) is 13.0 Å². The summed E-state index contributed by atoms with van der Waals surface area (Å²) in [5.41, 5.74) is 6.75. The first-order valence-electron chi connectivity index (χ1n) is 3.32. The summed E-state index contributed by atoms with van der Waals surface area (Å²) in [5.74, 6) is 0. The van der Waals surface area contributed by atoms with E-state index < -0.39 is 0 Å². The van der Waals surface area contributed by atoms with Crippen molar-refractivity contribution in [2.24, 2.45) is 5.73 Å². The minimum atomic E-state index is 0. The maximum Gasteiger partial charge on any atom is 0.0548 e. The van der Waals surface area contributed by atoms with Crippen LogP contribution in [0.4, 0.5) is 0 Å². The third-order valence-corrected chi connectivity index (χ3v) is 2.68. The zero-order valence-electron chi connectivity index (χ0n) is 6.55. The Hall–Kier alpha value is 0.240. The van der Waals surface area contributed by atoms with E-state index in [1.165, 1.54) is 0 Å². The van der Waals surface area contributed by atoms with Crippen LogP contribution in [-0.2, 0) is 0 Å². The van der Waals surface area contributed by atoms with E-state index in [0.29, 0.717) is 0 Å². The van der Waals surface area contributed by atoms with Gasteiger partial charge in [0.05, 0.1) is 5.02 Å².